The number of carbonyl (C=O) groups is 1. The van der Waals surface area contributed by atoms with Crippen LogP contribution in [0.15, 0.2) is 0 Å². The standard InChI is InChI=1S/C9H18N2O/c1-3-6-10-7-9(12)11(2)8-4-5-8/h8,10H,3-7H2,1-2H3. The van der Waals surface area contributed by atoms with Gasteiger partial charge >= 0.3 is 0 Å². The molecule has 70 valence electrons. The smallest absolute Gasteiger partial charge is 0.236 e. The van der Waals surface area contributed by atoms with E-state index in [1.165, 1.54) is 12.8 Å². The van der Waals surface area contributed by atoms with E-state index < -0.39 is 0 Å². The molecule has 3 nitrogen and oxygen atoms in total. The quantitative estimate of drug-likeness (QED) is 0.613. The molecular formula is C9H18N2O. The summed E-state index contributed by atoms with van der Waals surface area (Å²) < 4.78 is 0. The van der Waals surface area contributed by atoms with Gasteiger partial charge in [-0.1, -0.05) is 6.92 Å². The number of hydrogen-bond acceptors (Lipinski definition) is 2. The zero-order valence-electron chi connectivity index (χ0n) is 7.97. The third-order valence-corrected chi connectivity index (χ3v) is 2.19. The zero-order valence-corrected chi connectivity index (χ0v) is 7.97. The van der Waals surface area contributed by atoms with Gasteiger partial charge in [-0.25, -0.2) is 0 Å². The lowest BCUT2D eigenvalue weighted by molar-refractivity contribution is -0.129. The van der Waals surface area contributed by atoms with E-state index >= 15 is 0 Å². The van der Waals surface area contributed by atoms with Crippen molar-refractivity contribution in [3.05, 3.63) is 0 Å². The van der Waals surface area contributed by atoms with Crippen LogP contribution in [0.25, 0.3) is 0 Å². The van der Waals surface area contributed by atoms with Crippen LogP contribution in [0.4, 0.5) is 0 Å². The van der Waals surface area contributed by atoms with Gasteiger partial charge in [-0.2, -0.15) is 0 Å². The summed E-state index contributed by atoms with van der Waals surface area (Å²) in [5.74, 6) is 0.228. The molecule has 0 aliphatic heterocycles. The molecular weight excluding hydrogens is 152 g/mol. The lowest BCUT2D eigenvalue weighted by Gasteiger charge is -2.16. The Hall–Kier alpha value is -0.570. The van der Waals surface area contributed by atoms with Crippen LogP contribution in [0.3, 0.4) is 0 Å². The minimum Gasteiger partial charge on any atom is -0.342 e. The second-order valence-electron chi connectivity index (χ2n) is 3.41. The Morgan fingerprint density at radius 3 is 2.75 bits per heavy atom. The summed E-state index contributed by atoms with van der Waals surface area (Å²) in [6.45, 7) is 3.53. The summed E-state index contributed by atoms with van der Waals surface area (Å²) in [6.07, 6.45) is 3.46. The Labute approximate surface area is 74.1 Å². The summed E-state index contributed by atoms with van der Waals surface area (Å²) >= 11 is 0. The highest BCUT2D eigenvalue weighted by molar-refractivity contribution is 5.78. The van der Waals surface area contributed by atoms with Crippen molar-refractivity contribution in [3.63, 3.8) is 0 Å². The first-order chi connectivity index (χ1) is 5.75. The highest BCUT2D eigenvalue weighted by Gasteiger charge is 2.28. The van der Waals surface area contributed by atoms with E-state index in [0.717, 1.165) is 13.0 Å². The van der Waals surface area contributed by atoms with Crippen LogP contribution >= 0.6 is 0 Å². The molecule has 1 N–H and O–H groups in total. The van der Waals surface area contributed by atoms with Gasteiger partial charge in [0, 0.05) is 13.1 Å². The average molecular weight is 170 g/mol. The van der Waals surface area contributed by atoms with Crippen LogP contribution in [0.5, 0.6) is 0 Å². The maximum atomic E-state index is 11.4. The van der Waals surface area contributed by atoms with Crippen molar-refractivity contribution in [1.29, 1.82) is 0 Å². The van der Waals surface area contributed by atoms with E-state index in [9.17, 15) is 4.79 Å². The normalized spacial score (nSPS) is 16.2. The molecule has 0 unspecified atom stereocenters. The Balaban J connectivity index is 2.09. The molecule has 0 aromatic heterocycles. The van der Waals surface area contributed by atoms with Crippen LogP contribution in [0, 0.1) is 0 Å². The number of nitrogens with one attached hydrogen (secondary N) is 1. The Kier molecular flexibility index (Phi) is 3.53. The number of nitrogens with zero attached hydrogens (tertiary/aromatic N) is 1. The van der Waals surface area contributed by atoms with Crippen molar-refractivity contribution in [1.82, 2.24) is 10.2 Å². The van der Waals surface area contributed by atoms with E-state index in [2.05, 4.69) is 12.2 Å². The number of rotatable bonds is 5. The summed E-state index contributed by atoms with van der Waals surface area (Å²) in [4.78, 5) is 13.2. The molecule has 1 amide bonds. The fourth-order valence-corrected chi connectivity index (χ4v) is 1.16. The molecule has 12 heavy (non-hydrogen) atoms. The molecule has 1 fully saturated rings. The van der Waals surface area contributed by atoms with E-state index in [4.69, 9.17) is 0 Å². The molecule has 0 heterocycles. The minimum absolute atomic E-state index is 0.228. The Morgan fingerprint density at radius 2 is 2.25 bits per heavy atom. The van der Waals surface area contributed by atoms with Crippen molar-refractivity contribution >= 4 is 5.91 Å². The van der Waals surface area contributed by atoms with E-state index in [0.29, 0.717) is 12.6 Å². The van der Waals surface area contributed by atoms with Gasteiger partial charge in [-0.05, 0) is 25.8 Å². The lowest BCUT2D eigenvalue weighted by atomic mass is 10.4. The molecule has 3 heteroatoms. The molecule has 0 aromatic carbocycles. The third-order valence-electron chi connectivity index (χ3n) is 2.19. The fraction of sp³-hybridized carbons (Fsp3) is 0.889. The first-order valence-electron chi connectivity index (χ1n) is 4.72. The van der Waals surface area contributed by atoms with E-state index in [1.54, 1.807) is 0 Å². The van der Waals surface area contributed by atoms with Gasteiger partial charge < -0.3 is 10.2 Å². The molecule has 0 radical (unpaired) electrons. The summed E-state index contributed by atoms with van der Waals surface area (Å²) in [5.41, 5.74) is 0. The highest BCUT2D eigenvalue weighted by Crippen LogP contribution is 2.24. The number of carbonyl (C=O) groups excluding carboxylic acids is 1. The average Bonchev–Trinajstić information content (AvgIpc) is 2.86. The van der Waals surface area contributed by atoms with Gasteiger partial charge in [0.25, 0.3) is 0 Å². The maximum Gasteiger partial charge on any atom is 0.236 e. The van der Waals surface area contributed by atoms with Crippen molar-refractivity contribution in [2.75, 3.05) is 20.1 Å². The molecule has 1 saturated carbocycles. The minimum atomic E-state index is 0.228. The van der Waals surface area contributed by atoms with E-state index in [1.807, 2.05) is 11.9 Å². The molecule has 1 aliphatic rings. The lowest BCUT2D eigenvalue weighted by Crippen LogP contribution is -2.37. The van der Waals surface area contributed by atoms with Crippen molar-refractivity contribution in [2.24, 2.45) is 0 Å². The second kappa shape index (κ2) is 4.45. The van der Waals surface area contributed by atoms with Gasteiger partial charge in [0.15, 0.2) is 0 Å². The summed E-state index contributed by atoms with van der Waals surface area (Å²) in [6, 6.07) is 0.543. The maximum absolute atomic E-state index is 11.4. The largest absolute Gasteiger partial charge is 0.342 e. The summed E-state index contributed by atoms with van der Waals surface area (Å²) in [5, 5.41) is 3.11. The predicted octanol–water partition coefficient (Wildman–Crippen LogP) is 0.607. The first kappa shape index (κ1) is 9.52. The predicted molar refractivity (Wildman–Crippen MR) is 49.0 cm³/mol. The number of hydrogen-bond donors (Lipinski definition) is 1. The molecule has 0 spiro atoms. The Bertz CT molecular complexity index is 155. The van der Waals surface area contributed by atoms with Gasteiger partial charge in [0.2, 0.25) is 5.91 Å². The SMILES string of the molecule is CCCNCC(=O)N(C)C1CC1. The molecule has 0 bridgehead atoms. The molecule has 1 aliphatic carbocycles. The fourth-order valence-electron chi connectivity index (χ4n) is 1.16. The van der Waals surface area contributed by atoms with Gasteiger partial charge in [0.1, 0.15) is 0 Å². The van der Waals surface area contributed by atoms with Gasteiger partial charge in [-0.15, -0.1) is 0 Å². The first-order valence-corrected chi connectivity index (χ1v) is 4.72. The van der Waals surface area contributed by atoms with Crippen LogP contribution in [0.2, 0.25) is 0 Å². The van der Waals surface area contributed by atoms with Gasteiger partial charge in [-0.3, -0.25) is 4.79 Å². The third kappa shape index (κ3) is 2.81. The van der Waals surface area contributed by atoms with E-state index in [-0.39, 0.29) is 5.91 Å². The molecule has 1 rings (SSSR count). The number of likely N-dealkylation sites (N-methyl/N-ethyl adjacent to an activating group) is 1. The number of amides is 1. The van der Waals surface area contributed by atoms with Crippen LogP contribution < -0.4 is 5.32 Å². The topological polar surface area (TPSA) is 32.3 Å². The van der Waals surface area contributed by atoms with Crippen molar-refractivity contribution < 1.29 is 4.79 Å². The van der Waals surface area contributed by atoms with Crippen molar-refractivity contribution in [2.45, 2.75) is 32.2 Å². The second-order valence-corrected chi connectivity index (χ2v) is 3.41. The van der Waals surface area contributed by atoms with Crippen LogP contribution in [-0.2, 0) is 4.79 Å². The monoisotopic (exact) mass is 170 g/mol. The van der Waals surface area contributed by atoms with Crippen LogP contribution in [0.1, 0.15) is 26.2 Å². The Morgan fingerprint density at radius 1 is 1.58 bits per heavy atom. The highest BCUT2D eigenvalue weighted by atomic mass is 16.2. The zero-order chi connectivity index (χ0) is 8.97. The molecule has 0 atom stereocenters. The van der Waals surface area contributed by atoms with Crippen molar-refractivity contribution in [3.8, 4) is 0 Å². The van der Waals surface area contributed by atoms with Gasteiger partial charge in [0.05, 0.1) is 6.54 Å². The molecule has 0 aromatic rings. The molecule has 0 saturated heterocycles. The van der Waals surface area contributed by atoms with Crippen LogP contribution in [-0.4, -0.2) is 37.0 Å². The summed E-state index contributed by atoms with van der Waals surface area (Å²) in [7, 11) is 1.90.